The van der Waals surface area contributed by atoms with Gasteiger partial charge >= 0.3 is 0 Å². The number of aromatic nitrogens is 3. The summed E-state index contributed by atoms with van der Waals surface area (Å²) in [5.41, 5.74) is 4.27. The van der Waals surface area contributed by atoms with Crippen LogP contribution in [0.1, 0.15) is 54.1 Å². The zero-order valence-corrected chi connectivity index (χ0v) is 15.7. The van der Waals surface area contributed by atoms with Gasteiger partial charge in [-0.15, -0.1) is 5.10 Å². The van der Waals surface area contributed by atoms with Gasteiger partial charge in [0, 0.05) is 31.7 Å². The van der Waals surface area contributed by atoms with Crippen molar-refractivity contribution in [2.24, 2.45) is 0 Å². The van der Waals surface area contributed by atoms with Crippen LogP contribution in [0.2, 0.25) is 0 Å². The second kappa shape index (κ2) is 6.49. The van der Waals surface area contributed by atoms with E-state index < -0.39 is 0 Å². The van der Waals surface area contributed by atoms with E-state index in [-0.39, 0.29) is 0 Å². The number of hydrogen-bond acceptors (Lipinski definition) is 6. The molecule has 2 aliphatic carbocycles. The molecule has 0 unspecified atom stereocenters. The first-order valence-corrected chi connectivity index (χ1v) is 9.97. The molecule has 138 valence electrons. The minimum atomic E-state index is 0.344. The molecule has 6 heteroatoms. The van der Waals surface area contributed by atoms with E-state index in [1.165, 1.54) is 36.9 Å². The molecule has 6 nitrogen and oxygen atoms in total. The third-order valence-electron chi connectivity index (χ3n) is 6.14. The Bertz CT molecular complexity index is 890. The van der Waals surface area contributed by atoms with Gasteiger partial charge in [0.15, 0.2) is 5.82 Å². The van der Waals surface area contributed by atoms with Gasteiger partial charge in [0.25, 0.3) is 0 Å². The molecule has 2 aromatic heterocycles. The van der Waals surface area contributed by atoms with E-state index in [2.05, 4.69) is 51.3 Å². The topological polar surface area (TPSA) is 68.9 Å². The third kappa shape index (κ3) is 3.01. The SMILES string of the molecule is CN(c1nc2c(cc1C#N)CCCC2)C1CN(c2ccc(C3CC3)nn2)C1. The summed E-state index contributed by atoms with van der Waals surface area (Å²) in [6, 6.07) is 8.97. The lowest BCUT2D eigenvalue weighted by Gasteiger charge is -2.45. The molecule has 2 fully saturated rings. The Kier molecular flexibility index (Phi) is 3.96. The smallest absolute Gasteiger partial charge is 0.151 e. The summed E-state index contributed by atoms with van der Waals surface area (Å²) in [5.74, 6) is 2.42. The lowest BCUT2D eigenvalue weighted by atomic mass is 9.94. The maximum atomic E-state index is 9.60. The first-order valence-electron chi connectivity index (χ1n) is 9.97. The molecule has 0 aromatic carbocycles. The van der Waals surface area contributed by atoms with Gasteiger partial charge < -0.3 is 9.80 Å². The first-order chi connectivity index (χ1) is 13.2. The van der Waals surface area contributed by atoms with Crippen LogP contribution < -0.4 is 9.80 Å². The van der Waals surface area contributed by atoms with Crippen LogP contribution in [0.15, 0.2) is 18.2 Å². The predicted octanol–water partition coefficient (Wildman–Crippen LogP) is 2.82. The second-order valence-corrected chi connectivity index (χ2v) is 8.04. The van der Waals surface area contributed by atoms with Crippen molar-refractivity contribution in [1.29, 1.82) is 5.26 Å². The van der Waals surface area contributed by atoms with E-state index in [1.54, 1.807) is 0 Å². The summed E-state index contributed by atoms with van der Waals surface area (Å²) < 4.78 is 0. The Hall–Kier alpha value is -2.68. The van der Waals surface area contributed by atoms with Crippen LogP contribution >= 0.6 is 0 Å². The average Bonchev–Trinajstić information content (AvgIpc) is 3.51. The monoisotopic (exact) mass is 360 g/mol. The molecule has 3 heterocycles. The highest BCUT2D eigenvalue weighted by Crippen LogP contribution is 2.39. The van der Waals surface area contributed by atoms with Gasteiger partial charge in [-0.25, -0.2) is 4.98 Å². The molecule has 3 aliphatic rings. The highest BCUT2D eigenvalue weighted by atomic mass is 15.4. The van der Waals surface area contributed by atoms with Gasteiger partial charge in [0.05, 0.1) is 17.3 Å². The van der Waals surface area contributed by atoms with Crippen LogP contribution in [-0.4, -0.2) is 41.4 Å². The average molecular weight is 360 g/mol. The molecule has 0 amide bonds. The number of pyridine rings is 1. The van der Waals surface area contributed by atoms with E-state index >= 15 is 0 Å². The van der Waals surface area contributed by atoms with E-state index in [4.69, 9.17) is 4.98 Å². The largest absolute Gasteiger partial charge is 0.352 e. The number of anilines is 2. The van der Waals surface area contributed by atoms with Crippen LogP contribution in [0, 0.1) is 11.3 Å². The Morgan fingerprint density at radius 1 is 1.15 bits per heavy atom. The van der Waals surface area contributed by atoms with Crippen LogP contribution in [0.3, 0.4) is 0 Å². The molecule has 5 rings (SSSR count). The summed E-state index contributed by atoms with van der Waals surface area (Å²) in [5, 5.41) is 18.4. The zero-order chi connectivity index (χ0) is 18.4. The van der Waals surface area contributed by atoms with Crippen LogP contribution in [-0.2, 0) is 12.8 Å². The summed E-state index contributed by atoms with van der Waals surface area (Å²) in [7, 11) is 2.06. The molecule has 0 atom stereocenters. The Morgan fingerprint density at radius 2 is 1.96 bits per heavy atom. The van der Waals surface area contributed by atoms with Crippen molar-refractivity contribution in [2.75, 3.05) is 29.9 Å². The number of rotatable bonds is 4. The van der Waals surface area contributed by atoms with Crippen molar-refractivity contribution in [3.63, 3.8) is 0 Å². The van der Waals surface area contributed by atoms with E-state index in [0.29, 0.717) is 17.5 Å². The van der Waals surface area contributed by atoms with Crippen molar-refractivity contribution in [3.8, 4) is 6.07 Å². The zero-order valence-electron chi connectivity index (χ0n) is 15.7. The minimum absolute atomic E-state index is 0.344. The van der Waals surface area contributed by atoms with E-state index in [1.807, 2.05) is 0 Å². The molecule has 0 radical (unpaired) electrons. The summed E-state index contributed by atoms with van der Waals surface area (Å²) in [6.45, 7) is 1.77. The standard InChI is InChI=1S/C21H24N6/c1-26(21-16(11-22)10-15-4-2-3-5-18(15)23-21)17-12-27(13-17)20-9-8-19(24-25-20)14-6-7-14/h8-10,14,17H,2-7,12-13H2,1H3. The van der Waals surface area contributed by atoms with Crippen molar-refractivity contribution in [2.45, 2.75) is 50.5 Å². The molecule has 0 bridgehead atoms. The van der Waals surface area contributed by atoms with Gasteiger partial charge in [0.2, 0.25) is 0 Å². The number of nitrogens with zero attached hydrogens (tertiary/aromatic N) is 6. The van der Waals surface area contributed by atoms with Gasteiger partial charge in [-0.3, -0.25) is 0 Å². The fourth-order valence-corrected chi connectivity index (χ4v) is 4.14. The summed E-state index contributed by atoms with van der Waals surface area (Å²) in [4.78, 5) is 9.30. The first kappa shape index (κ1) is 16.5. The highest BCUT2D eigenvalue weighted by Gasteiger charge is 2.34. The molecule has 27 heavy (non-hydrogen) atoms. The van der Waals surface area contributed by atoms with Crippen LogP contribution in [0.4, 0.5) is 11.6 Å². The highest BCUT2D eigenvalue weighted by molar-refractivity contribution is 5.58. The molecular weight excluding hydrogens is 336 g/mol. The van der Waals surface area contributed by atoms with Gasteiger partial charge in [-0.05, 0) is 62.3 Å². The van der Waals surface area contributed by atoms with Gasteiger partial charge in [-0.1, -0.05) is 0 Å². The molecule has 0 N–H and O–H groups in total. The maximum absolute atomic E-state index is 9.60. The number of aryl methyl sites for hydroxylation is 2. The quantitative estimate of drug-likeness (QED) is 0.835. The Labute approximate surface area is 159 Å². The number of likely N-dealkylation sites (N-methyl/N-ethyl adjacent to an activating group) is 1. The maximum Gasteiger partial charge on any atom is 0.151 e. The lowest BCUT2D eigenvalue weighted by molar-refractivity contribution is 0.486. The predicted molar refractivity (Wildman–Crippen MR) is 104 cm³/mol. The van der Waals surface area contributed by atoms with E-state index in [9.17, 15) is 5.26 Å². The van der Waals surface area contributed by atoms with Gasteiger partial charge in [0.1, 0.15) is 11.9 Å². The van der Waals surface area contributed by atoms with Crippen LogP contribution in [0.5, 0.6) is 0 Å². The molecule has 0 spiro atoms. The van der Waals surface area contributed by atoms with Crippen LogP contribution in [0.25, 0.3) is 0 Å². The summed E-state index contributed by atoms with van der Waals surface area (Å²) >= 11 is 0. The number of nitriles is 1. The fourth-order valence-electron chi connectivity index (χ4n) is 4.14. The van der Waals surface area contributed by atoms with Crippen molar-refractivity contribution < 1.29 is 0 Å². The Balaban J connectivity index is 1.29. The molecular formula is C21H24N6. The molecule has 1 saturated heterocycles. The number of fused-ring (bicyclic) bond motifs is 1. The van der Waals surface area contributed by atoms with Crippen molar-refractivity contribution in [1.82, 2.24) is 15.2 Å². The van der Waals surface area contributed by atoms with Crippen molar-refractivity contribution >= 4 is 11.6 Å². The number of hydrogen-bond donors (Lipinski definition) is 0. The molecule has 1 aliphatic heterocycles. The lowest BCUT2D eigenvalue weighted by Crippen LogP contribution is -2.59. The van der Waals surface area contributed by atoms with Gasteiger partial charge in [-0.2, -0.15) is 10.4 Å². The minimum Gasteiger partial charge on any atom is -0.352 e. The summed E-state index contributed by atoms with van der Waals surface area (Å²) in [6.07, 6.45) is 6.98. The third-order valence-corrected chi connectivity index (χ3v) is 6.14. The molecule has 1 saturated carbocycles. The fraction of sp³-hybridized carbons (Fsp3) is 0.524. The second-order valence-electron chi connectivity index (χ2n) is 8.04. The normalized spacial score (nSPS) is 19.2. The Morgan fingerprint density at radius 3 is 2.67 bits per heavy atom. The van der Waals surface area contributed by atoms with E-state index in [0.717, 1.165) is 43.3 Å². The van der Waals surface area contributed by atoms with Crippen molar-refractivity contribution in [3.05, 3.63) is 40.7 Å². The molecule has 2 aromatic rings.